The normalized spacial score (nSPS) is 25.4. The van der Waals surface area contributed by atoms with E-state index in [1.807, 2.05) is 6.92 Å². The highest BCUT2D eigenvalue weighted by molar-refractivity contribution is 6.33. The number of morpholine rings is 1. The molecule has 4 rings (SSSR count). The lowest BCUT2D eigenvalue weighted by Crippen LogP contribution is -2.55. The molecule has 0 bridgehead atoms. The van der Waals surface area contributed by atoms with Crippen LogP contribution < -0.4 is 5.73 Å². The Morgan fingerprint density at radius 2 is 2.08 bits per heavy atom. The number of amides is 1. The second-order valence-electron chi connectivity index (χ2n) is 10.6. The van der Waals surface area contributed by atoms with Crippen LogP contribution in [0, 0.1) is 18.7 Å². The van der Waals surface area contributed by atoms with Crippen LogP contribution >= 0.6 is 11.6 Å². The van der Waals surface area contributed by atoms with Gasteiger partial charge in [-0.15, -0.1) is 0 Å². The second-order valence-corrected chi connectivity index (χ2v) is 11.0. The molecule has 2 aromatic rings. The topological polar surface area (TPSA) is 105 Å². The molecule has 1 aliphatic heterocycles. The molecule has 1 heterocycles. The van der Waals surface area contributed by atoms with Crippen LogP contribution in [0.2, 0.25) is 5.02 Å². The summed E-state index contributed by atoms with van der Waals surface area (Å²) in [6, 6.07) is 9.56. The largest absolute Gasteiger partial charge is 0.391 e. The number of carbonyl (C=O) groups is 1. The molecular formula is C29H38ClFN2O5. The standard InChI is InChI=1S/C29H38ClFN2O5/c1-18-8-9-23(31)20(14-18)27-21(6-5-7-22(27)30)29(36,10-3-4-12-37-2)26-17-33(11-13-38-26)28(35)19-15-24(32)25(34)16-19/h5-9,14,19,24-26,34,36H,3-4,10-13,15-17,32H2,1-2H3. The van der Waals surface area contributed by atoms with Crippen molar-refractivity contribution in [1.29, 1.82) is 0 Å². The molecule has 38 heavy (non-hydrogen) atoms. The van der Waals surface area contributed by atoms with Crippen molar-refractivity contribution >= 4 is 17.5 Å². The molecule has 0 radical (unpaired) electrons. The molecule has 1 aliphatic carbocycles. The van der Waals surface area contributed by atoms with Crippen LogP contribution in [0.15, 0.2) is 36.4 Å². The molecule has 0 aromatic heterocycles. The molecule has 0 spiro atoms. The molecule has 1 saturated heterocycles. The number of unbranched alkanes of at least 4 members (excludes halogenated alkanes) is 1. The maximum atomic E-state index is 15.1. The first kappa shape index (κ1) is 28.9. The summed E-state index contributed by atoms with van der Waals surface area (Å²) >= 11 is 6.67. The maximum Gasteiger partial charge on any atom is 0.226 e. The van der Waals surface area contributed by atoms with Gasteiger partial charge in [-0.3, -0.25) is 4.79 Å². The Hall–Kier alpha value is -2.07. The van der Waals surface area contributed by atoms with Crippen LogP contribution in [0.4, 0.5) is 4.39 Å². The van der Waals surface area contributed by atoms with Crippen molar-refractivity contribution in [3.8, 4) is 11.1 Å². The summed E-state index contributed by atoms with van der Waals surface area (Å²) in [5.74, 6) is -0.899. The molecule has 5 atom stereocenters. The zero-order valence-corrected chi connectivity index (χ0v) is 22.8. The van der Waals surface area contributed by atoms with Gasteiger partial charge in [0.2, 0.25) is 5.91 Å². The van der Waals surface area contributed by atoms with Crippen molar-refractivity contribution in [3.63, 3.8) is 0 Å². The van der Waals surface area contributed by atoms with E-state index in [-0.39, 0.29) is 25.0 Å². The third kappa shape index (κ3) is 6.06. The van der Waals surface area contributed by atoms with Gasteiger partial charge in [-0.1, -0.05) is 35.4 Å². The van der Waals surface area contributed by atoms with Crippen molar-refractivity contribution < 1.29 is 28.9 Å². The predicted molar refractivity (Wildman–Crippen MR) is 144 cm³/mol. The van der Waals surface area contributed by atoms with Crippen LogP contribution in [0.25, 0.3) is 11.1 Å². The van der Waals surface area contributed by atoms with Gasteiger partial charge in [0.15, 0.2) is 0 Å². The van der Waals surface area contributed by atoms with Crippen LogP contribution in [-0.2, 0) is 19.9 Å². The number of hydrogen-bond donors (Lipinski definition) is 3. The molecule has 9 heteroatoms. The van der Waals surface area contributed by atoms with E-state index in [1.54, 1.807) is 42.3 Å². The molecule has 208 valence electrons. The van der Waals surface area contributed by atoms with Gasteiger partial charge in [-0.25, -0.2) is 4.39 Å². The number of ether oxygens (including phenoxy) is 2. The minimum Gasteiger partial charge on any atom is -0.391 e. The monoisotopic (exact) mass is 548 g/mol. The Bertz CT molecular complexity index is 1120. The molecule has 1 amide bonds. The number of nitrogens with two attached hydrogens (primary N) is 1. The summed E-state index contributed by atoms with van der Waals surface area (Å²) in [6.07, 6.45) is 0.911. The SMILES string of the molecule is COCCCCC(O)(c1cccc(Cl)c1-c1cc(C)ccc1F)C1CN(C(=O)C2CC(N)C(O)C2)CCO1. The first-order valence-corrected chi connectivity index (χ1v) is 13.6. The summed E-state index contributed by atoms with van der Waals surface area (Å²) in [4.78, 5) is 15.1. The highest BCUT2D eigenvalue weighted by Crippen LogP contribution is 2.44. The summed E-state index contributed by atoms with van der Waals surface area (Å²) in [6.45, 7) is 3.18. The molecule has 7 nitrogen and oxygen atoms in total. The van der Waals surface area contributed by atoms with Gasteiger partial charge >= 0.3 is 0 Å². The van der Waals surface area contributed by atoms with Crippen LogP contribution in [0.1, 0.15) is 43.2 Å². The molecule has 4 N–H and O–H groups in total. The molecule has 5 unspecified atom stereocenters. The van der Waals surface area contributed by atoms with Crippen molar-refractivity contribution in [2.45, 2.75) is 62.9 Å². The van der Waals surface area contributed by atoms with Crippen molar-refractivity contribution in [3.05, 3.63) is 58.4 Å². The number of nitrogens with zero attached hydrogens (tertiary/aromatic N) is 1. The van der Waals surface area contributed by atoms with Gasteiger partial charge in [-0.2, -0.15) is 0 Å². The first-order valence-electron chi connectivity index (χ1n) is 13.3. The highest BCUT2D eigenvalue weighted by atomic mass is 35.5. The molecule has 2 fully saturated rings. The van der Waals surface area contributed by atoms with Crippen LogP contribution in [0.5, 0.6) is 0 Å². The number of rotatable bonds is 9. The van der Waals surface area contributed by atoms with E-state index in [1.165, 1.54) is 6.07 Å². The number of benzene rings is 2. The average molecular weight is 549 g/mol. The number of carbonyl (C=O) groups excluding carboxylic acids is 1. The quantitative estimate of drug-likeness (QED) is 0.412. The van der Waals surface area contributed by atoms with Gasteiger partial charge in [0, 0.05) is 48.4 Å². The van der Waals surface area contributed by atoms with Crippen molar-refractivity contribution in [2.24, 2.45) is 11.7 Å². The van der Waals surface area contributed by atoms with Crippen LogP contribution in [-0.4, -0.2) is 72.7 Å². The van der Waals surface area contributed by atoms with E-state index >= 15 is 4.39 Å². The molecular weight excluding hydrogens is 511 g/mol. The van der Waals surface area contributed by atoms with Gasteiger partial charge in [0.25, 0.3) is 0 Å². The van der Waals surface area contributed by atoms with Gasteiger partial charge in [-0.05, 0) is 62.8 Å². The van der Waals surface area contributed by atoms with Gasteiger partial charge < -0.3 is 30.3 Å². The Balaban J connectivity index is 1.71. The Labute approximate surface area is 228 Å². The van der Waals surface area contributed by atoms with E-state index in [4.69, 9.17) is 26.8 Å². The fraction of sp³-hybridized carbons (Fsp3) is 0.552. The zero-order chi connectivity index (χ0) is 27.4. The number of aryl methyl sites for hydroxylation is 1. The van der Waals surface area contributed by atoms with Gasteiger partial charge in [0.1, 0.15) is 17.5 Å². The molecule has 2 aliphatic rings. The fourth-order valence-electron chi connectivity index (χ4n) is 5.75. The third-order valence-corrected chi connectivity index (χ3v) is 8.18. The minimum atomic E-state index is -1.56. The molecule has 2 aromatic carbocycles. The zero-order valence-electron chi connectivity index (χ0n) is 22.0. The maximum absolute atomic E-state index is 15.1. The van der Waals surface area contributed by atoms with Crippen LogP contribution in [0.3, 0.4) is 0 Å². The van der Waals surface area contributed by atoms with E-state index < -0.39 is 29.7 Å². The second kappa shape index (κ2) is 12.4. The van der Waals surface area contributed by atoms with E-state index in [9.17, 15) is 15.0 Å². The Morgan fingerprint density at radius 3 is 2.79 bits per heavy atom. The third-order valence-electron chi connectivity index (χ3n) is 7.86. The lowest BCUT2D eigenvalue weighted by atomic mass is 9.78. The minimum absolute atomic E-state index is 0.0944. The predicted octanol–water partition coefficient (Wildman–Crippen LogP) is 3.78. The summed E-state index contributed by atoms with van der Waals surface area (Å²) in [5, 5.41) is 22.8. The number of aliphatic hydroxyl groups is 2. The summed E-state index contributed by atoms with van der Waals surface area (Å²) < 4.78 is 26.5. The Kier molecular flexibility index (Phi) is 9.44. The highest BCUT2D eigenvalue weighted by Gasteiger charge is 2.46. The average Bonchev–Trinajstić information content (AvgIpc) is 3.25. The number of hydrogen-bond acceptors (Lipinski definition) is 6. The summed E-state index contributed by atoms with van der Waals surface area (Å²) in [7, 11) is 1.63. The van der Waals surface area contributed by atoms with Crippen molar-refractivity contribution in [1.82, 2.24) is 4.90 Å². The number of aliphatic hydroxyl groups excluding tert-OH is 1. The van der Waals surface area contributed by atoms with E-state index in [0.717, 1.165) is 5.56 Å². The van der Waals surface area contributed by atoms with E-state index in [0.29, 0.717) is 67.0 Å². The molecule has 1 saturated carbocycles. The smallest absolute Gasteiger partial charge is 0.226 e. The Morgan fingerprint density at radius 1 is 1.29 bits per heavy atom. The lowest BCUT2D eigenvalue weighted by molar-refractivity contribution is -0.167. The fourth-order valence-corrected chi connectivity index (χ4v) is 6.02. The number of methoxy groups -OCH3 is 1. The number of halogens is 2. The summed E-state index contributed by atoms with van der Waals surface area (Å²) in [5.41, 5.74) is 6.44. The lowest BCUT2D eigenvalue weighted by Gasteiger charge is -2.44. The van der Waals surface area contributed by atoms with Crippen molar-refractivity contribution in [2.75, 3.05) is 33.4 Å². The first-order chi connectivity index (χ1) is 18.2. The van der Waals surface area contributed by atoms with Gasteiger partial charge in [0.05, 0.1) is 19.3 Å². The van der Waals surface area contributed by atoms with E-state index in [2.05, 4.69) is 0 Å².